The van der Waals surface area contributed by atoms with Gasteiger partial charge in [-0.05, 0) is 17.5 Å². The standard InChI is InChI=1S/C15H18F3N3O/c1-14(2,3)9-19-12(22)8-21-11-7-5-4-6-10(11)20-13(21)15(16,17)18/h4-7H,8-9H2,1-3H3,(H,19,22). The molecule has 0 fully saturated rings. The number of carbonyl (C=O) groups is 1. The van der Waals surface area contributed by atoms with Crippen molar-refractivity contribution in [2.45, 2.75) is 33.5 Å². The van der Waals surface area contributed by atoms with Crippen LogP contribution >= 0.6 is 0 Å². The van der Waals surface area contributed by atoms with Crippen molar-refractivity contribution in [1.29, 1.82) is 0 Å². The largest absolute Gasteiger partial charge is 0.449 e. The van der Waals surface area contributed by atoms with Crippen molar-refractivity contribution in [3.8, 4) is 0 Å². The Morgan fingerprint density at radius 1 is 1.23 bits per heavy atom. The summed E-state index contributed by atoms with van der Waals surface area (Å²) < 4.78 is 40.2. The molecule has 0 saturated heterocycles. The molecule has 22 heavy (non-hydrogen) atoms. The lowest BCUT2D eigenvalue weighted by molar-refractivity contribution is -0.147. The molecule has 7 heteroatoms. The number of benzene rings is 1. The molecule has 0 aliphatic heterocycles. The number of para-hydroxylation sites is 2. The quantitative estimate of drug-likeness (QED) is 0.946. The molecular weight excluding hydrogens is 295 g/mol. The number of hydrogen-bond acceptors (Lipinski definition) is 2. The summed E-state index contributed by atoms with van der Waals surface area (Å²) in [5.74, 6) is -1.52. The zero-order valence-corrected chi connectivity index (χ0v) is 12.7. The molecule has 120 valence electrons. The summed E-state index contributed by atoms with van der Waals surface area (Å²) in [6.07, 6.45) is -4.61. The summed E-state index contributed by atoms with van der Waals surface area (Å²) in [5, 5.41) is 2.65. The van der Waals surface area contributed by atoms with E-state index in [4.69, 9.17) is 0 Å². The highest BCUT2D eigenvalue weighted by Crippen LogP contribution is 2.31. The maximum absolute atomic E-state index is 13.1. The van der Waals surface area contributed by atoms with E-state index in [2.05, 4.69) is 10.3 Å². The number of carbonyl (C=O) groups excluding carboxylic acids is 1. The molecule has 0 saturated carbocycles. The number of fused-ring (bicyclic) bond motifs is 1. The number of amides is 1. The summed E-state index contributed by atoms with van der Waals surface area (Å²) in [4.78, 5) is 15.6. The topological polar surface area (TPSA) is 46.9 Å². The fourth-order valence-corrected chi connectivity index (χ4v) is 2.02. The Morgan fingerprint density at radius 2 is 1.86 bits per heavy atom. The molecule has 1 heterocycles. The molecule has 4 nitrogen and oxygen atoms in total. The minimum atomic E-state index is -4.61. The molecule has 0 spiro atoms. The third-order valence-corrected chi connectivity index (χ3v) is 3.03. The molecule has 2 rings (SSSR count). The molecular formula is C15H18F3N3O. The molecule has 1 aromatic heterocycles. The highest BCUT2D eigenvalue weighted by Gasteiger charge is 2.38. The van der Waals surface area contributed by atoms with Crippen LogP contribution in [0.5, 0.6) is 0 Å². The molecule has 1 N–H and O–H groups in total. The van der Waals surface area contributed by atoms with Crippen molar-refractivity contribution in [2.75, 3.05) is 6.54 Å². The second kappa shape index (κ2) is 5.62. The Morgan fingerprint density at radius 3 is 2.45 bits per heavy atom. The number of halogens is 3. The number of aromatic nitrogens is 2. The summed E-state index contributed by atoms with van der Waals surface area (Å²) in [7, 11) is 0. The van der Waals surface area contributed by atoms with Gasteiger partial charge in [0.2, 0.25) is 11.7 Å². The lowest BCUT2D eigenvalue weighted by atomic mass is 9.97. The Hall–Kier alpha value is -2.05. The predicted molar refractivity (Wildman–Crippen MR) is 77.2 cm³/mol. The SMILES string of the molecule is CC(C)(C)CNC(=O)Cn1c(C(F)(F)F)nc2ccccc21. The van der Waals surface area contributed by atoms with Crippen LogP contribution in [0.25, 0.3) is 11.0 Å². The first-order valence-corrected chi connectivity index (χ1v) is 6.87. The molecule has 0 bridgehead atoms. The smallest absolute Gasteiger partial charge is 0.354 e. The van der Waals surface area contributed by atoms with Crippen LogP contribution in [-0.2, 0) is 17.5 Å². The van der Waals surface area contributed by atoms with Gasteiger partial charge in [-0.3, -0.25) is 4.79 Å². The van der Waals surface area contributed by atoms with Crippen LogP contribution in [0.1, 0.15) is 26.6 Å². The van der Waals surface area contributed by atoms with E-state index in [1.807, 2.05) is 20.8 Å². The monoisotopic (exact) mass is 313 g/mol. The second-order valence-electron chi connectivity index (χ2n) is 6.35. The van der Waals surface area contributed by atoms with Crippen LogP contribution in [-0.4, -0.2) is 22.0 Å². The first kappa shape index (κ1) is 16.3. The van der Waals surface area contributed by atoms with E-state index in [-0.39, 0.29) is 10.9 Å². The van der Waals surface area contributed by atoms with E-state index < -0.39 is 24.5 Å². The van der Waals surface area contributed by atoms with Gasteiger partial charge in [0.15, 0.2) is 0 Å². The number of nitrogens with zero attached hydrogens (tertiary/aromatic N) is 2. The van der Waals surface area contributed by atoms with Gasteiger partial charge in [-0.15, -0.1) is 0 Å². The van der Waals surface area contributed by atoms with Crippen molar-refractivity contribution in [3.63, 3.8) is 0 Å². The maximum Gasteiger partial charge on any atom is 0.449 e. The van der Waals surface area contributed by atoms with Gasteiger partial charge in [-0.2, -0.15) is 13.2 Å². The van der Waals surface area contributed by atoms with Crippen molar-refractivity contribution < 1.29 is 18.0 Å². The average molecular weight is 313 g/mol. The Bertz CT molecular complexity index is 683. The van der Waals surface area contributed by atoms with Crippen LogP contribution in [0.15, 0.2) is 24.3 Å². The molecule has 2 aromatic rings. The van der Waals surface area contributed by atoms with Crippen LogP contribution in [0.4, 0.5) is 13.2 Å². The molecule has 0 atom stereocenters. The van der Waals surface area contributed by atoms with Gasteiger partial charge in [-0.25, -0.2) is 4.98 Å². The highest BCUT2D eigenvalue weighted by atomic mass is 19.4. The van der Waals surface area contributed by atoms with E-state index in [9.17, 15) is 18.0 Å². The minimum absolute atomic E-state index is 0.139. The van der Waals surface area contributed by atoms with E-state index in [1.165, 1.54) is 12.1 Å². The fourth-order valence-electron chi connectivity index (χ4n) is 2.02. The molecule has 0 radical (unpaired) electrons. The molecule has 1 aromatic carbocycles. The van der Waals surface area contributed by atoms with Crippen molar-refractivity contribution >= 4 is 16.9 Å². The van der Waals surface area contributed by atoms with E-state index in [1.54, 1.807) is 12.1 Å². The average Bonchev–Trinajstić information content (AvgIpc) is 2.75. The third-order valence-electron chi connectivity index (χ3n) is 3.03. The number of rotatable bonds is 3. The molecule has 0 aliphatic rings. The number of imidazole rings is 1. The molecule has 1 amide bonds. The van der Waals surface area contributed by atoms with Crippen molar-refractivity contribution in [2.24, 2.45) is 5.41 Å². The van der Waals surface area contributed by atoms with Gasteiger partial charge < -0.3 is 9.88 Å². The van der Waals surface area contributed by atoms with E-state index >= 15 is 0 Å². The first-order chi connectivity index (χ1) is 10.1. The molecule has 0 aliphatic carbocycles. The van der Waals surface area contributed by atoms with Crippen LogP contribution in [0.3, 0.4) is 0 Å². The third kappa shape index (κ3) is 3.78. The number of nitrogens with one attached hydrogen (secondary N) is 1. The maximum atomic E-state index is 13.1. The Labute approximate surface area is 126 Å². The summed E-state index contributed by atoms with van der Waals surface area (Å²) >= 11 is 0. The van der Waals surface area contributed by atoms with Gasteiger partial charge in [0.1, 0.15) is 6.54 Å². The van der Waals surface area contributed by atoms with Crippen molar-refractivity contribution in [1.82, 2.24) is 14.9 Å². The highest BCUT2D eigenvalue weighted by molar-refractivity contribution is 5.81. The van der Waals surface area contributed by atoms with Crippen molar-refractivity contribution in [3.05, 3.63) is 30.1 Å². The van der Waals surface area contributed by atoms with Gasteiger partial charge in [0.05, 0.1) is 11.0 Å². The summed E-state index contributed by atoms with van der Waals surface area (Å²) in [5.41, 5.74) is 0.374. The van der Waals surface area contributed by atoms with Gasteiger partial charge in [0, 0.05) is 6.54 Å². The fraction of sp³-hybridized carbons (Fsp3) is 0.467. The number of alkyl halides is 3. The number of hydrogen-bond donors (Lipinski definition) is 1. The van der Waals surface area contributed by atoms with Crippen LogP contribution in [0.2, 0.25) is 0 Å². The van der Waals surface area contributed by atoms with Gasteiger partial charge in [0.25, 0.3) is 0 Å². The van der Waals surface area contributed by atoms with Crippen LogP contribution < -0.4 is 5.32 Å². The van der Waals surface area contributed by atoms with E-state index in [0.29, 0.717) is 12.1 Å². The lowest BCUT2D eigenvalue weighted by Crippen LogP contribution is -2.35. The minimum Gasteiger partial charge on any atom is -0.354 e. The zero-order chi connectivity index (χ0) is 16.5. The van der Waals surface area contributed by atoms with Crippen LogP contribution in [0, 0.1) is 5.41 Å². The lowest BCUT2D eigenvalue weighted by Gasteiger charge is -2.19. The summed E-state index contributed by atoms with van der Waals surface area (Å²) in [6.45, 7) is 5.77. The second-order valence-corrected chi connectivity index (χ2v) is 6.35. The Kier molecular flexibility index (Phi) is 4.17. The normalized spacial score (nSPS) is 12.6. The zero-order valence-electron chi connectivity index (χ0n) is 12.7. The Balaban J connectivity index is 2.31. The van der Waals surface area contributed by atoms with Gasteiger partial charge in [-0.1, -0.05) is 32.9 Å². The van der Waals surface area contributed by atoms with E-state index in [0.717, 1.165) is 4.57 Å². The van der Waals surface area contributed by atoms with Gasteiger partial charge >= 0.3 is 6.18 Å². The predicted octanol–water partition coefficient (Wildman–Crippen LogP) is 3.22. The first-order valence-electron chi connectivity index (χ1n) is 6.87. The summed E-state index contributed by atoms with van der Waals surface area (Å²) in [6, 6.07) is 6.25. The molecule has 0 unspecified atom stereocenters.